The van der Waals surface area contributed by atoms with E-state index < -0.39 is 0 Å². The van der Waals surface area contributed by atoms with Gasteiger partial charge in [-0.15, -0.1) is 0 Å². The summed E-state index contributed by atoms with van der Waals surface area (Å²) in [6.45, 7) is 7.43. The van der Waals surface area contributed by atoms with E-state index in [-0.39, 0.29) is 17.6 Å². The minimum Gasteiger partial charge on any atom is -0.508 e. The maximum absolute atomic E-state index is 13.2. The number of nitrogens with zero attached hydrogens (tertiary/aromatic N) is 3. The van der Waals surface area contributed by atoms with Gasteiger partial charge in [-0.25, -0.2) is 9.97 Å². The van der Waals surface area contributed by atoms with E-state index >= 15 is 0 Å². The fourth-order valence-corrected chi connectivity index (χ4v) is 3.92. The summed E-state index contributed by atoms with van der Waals surface area (Å²) in [4.78, 5) is 24.8. The van der Waals surface area contributed by atoms with Crippen LogP contribution in [0.3, 0.4) is 0 Å². The molecule has 1 aliphatic heterocycles. The molecule has 1 aromatic heterocycles. The molecule has 0 spiro atoms. The monoisotopic (exact) mass is 401 g/mol. The molecular weight excluding hydrogens is 374 g/mol. The molecule has 2 heterocycles. The molecule has 0 saturated carbocycles. The van der Waals surface area contributed by atoms with E-state index in [1.54, 1.807) is 12.1 Å². The van der Waals surface area contributed by atoms with Crippen LogP contribution in [0.5, 0.6) is 5.75 Å². The zero-order valence-corrected chi connectivity index (χ0v) is 17.7. The van der Waals surface area contributed by atoms with Crippen LogP contribution in [-0.4, -0.2) is 39.0 Å². The minimum absolute atomic E-state index is 0.0733. The normalized spacial score (nSPS) is 13.8. The molecular formula is C25H27N3O2. The van der Waals surface area contributed by atoms with Crippen molar-refractivity contribution in [3.05, 3.63) is 76.7 Å². The van der Waals surface area contributed by atoms with Gasteiger partial charge >= 0.3 is 0 Å². The van der Waals surface area contributed by atoms with E-state index in [0.717, 1.165) is 39.5 Å². The van der Waals surface area contributed by atoms with Crippen molar-refractivity contribution in [3.8, 4) is 17.0 Å². The second-order valence-corrected chi connectivity index (χ2v) is 8.16. The average Bonchev–Trinajstić information content (AvgIpc) is 2.96. The first-order valence-electron chi connectivity index (χ1n) is 10.5. The molecule has 1 N–H and O–H groups in total. The van der Waals surface area contributed by atoms with Crippen LogP contribution in [0, 0.1) is 6.92 Å². The predicted molar refractivity (Wildman–Crippen MR) is 118 cm³/mol. The molecule has 0 saturated heterocycles. The highest BCUT2D eigenvalue weighted by molar-refractivity contribution is 5.95. The van der Waals surface area contributed by atoms with Crippen molar-refractivity contribution in [3.63, 3.8) is 0 Å². The lowest BCUT2D eigenvalue weighted by molar-refractivity contribution is 0.0762. The molecule has 5 heteroatoms. The Labute approximate surface area is 177 Å². The number of aromatic nitrogens is 2. The van der Waals surface area contributed by atoms with Crippen LogP contribution >= 0.6 is 0 Å². The number of aromatic hydroxyl groups is 1. The topological polar surface area (TPSA) is 66.3 Å². The molecule has 5 nitrogen and oxygen atoms in total. The van der Waals surface area contributed by atoms with Gasteiger partial charge in [0.2, 0.25) is 0 Å². The first-order valence-corrected chi connectivity index (χ1v) is 10.5. The molecule has 0 aliphatic carbocycles. The van der Waals surface area contributed by atoms with E-state index in [9.17, 15) is 9.90 Å². The lowest BCUT2D eigenvalue weighted by Gasteiger charge is -2.21. The molecule has 154 valence electrons. The van der Waals surface area contributed by atoms with Gasteiger partial charge in [-0.1, -0.05) is 32.0 Å². The number of aryl methyl sites for hydroxylation is 1. The standard InChI is InChI=1S/C25H27N3O2/c1-16(2)24-26-22-13-15-28(25(30)20-7-5-4-6-17(20)3)14-12-21(22)23(27-24)18-8-10-19(29)11-9-18/h4-11,16,29H,12-15H2,1-3H3. The van der Waals surface area contributed by atoms with Gasteiger partial charge in [0.1, 0.15) is 11.6 Å². The van der Waals surface area contributed by atoms with Crippen molar-refractivity contribution >= 4 is 5.91 Å². The summed E-state index contributed by atoms with van der Waals surface area (Å²) in [5, 5.41) is 9.68. The third-order valence-electron chi connectivity index (χ3n) is 5.68. The maximum Gasteiger partial charge on any atom is 0.254 e. The lowest BCUT2D eigenvalue weighted by atomic mass is 10.00. The van der Waals surface area contributed by atoms with Gasteiger partial charge < -0.3 is 10.0 Å². The van der Waals surface area contributed by atoms with Crippen molar-refractivity contribution < 1.29 is 9.90 Å². The Morgan fingerprint density at radius 2 is 1.70 bits per heavy atom. The summed E-state index contributed by atoms with van der Waals surface area (Å²) in [5.74, 6) is 1.33. The molecule has 4 rings (SSSR count). The van der Waals surface area contributed by atoms with Crippen LogP contribution in [0.2, 0.25) is 0 Å². The van der Waals surface area contributed by atoms with E-state index in [2.05, 4.69) is 13.8 Å². The number of benzene rings is 2. The zero-order chi connectivity index (χ0) is 21.3. The maximum atomic E-state index is 13.2. The van der Waals surface area contributed by atoms with Crippen LogP contribution < -0.4 is 0 Å². The number of carbonyl (C=O) groups is 1. The molecule has 30 heavy (non-hydrogen) atoms. The molecule has 0 fully saturated rings. The number of hydrogen-bond acceptors (Lipinski definition) is 4. The minimum atomic E-state index is 0.0733. The van der Waals surface area contributed by atoms with Crippen LogP contribution in [0.25, 0.3) is 11.3 Å². The number of amides is 1. The number of fused-ring (bicyclic) bond motifs is 1. The molecule has 3 aromatic rings. The van der Waals surface area contributed by atoms with Crippen LogP contribution in [-0.2, 0) is 12.8 Å². The van der Waals surface area contributed by atoms with E-state index in [1.165, 1.54) is 0 Å². The van der Waals surface area contributed by atoms with Gasteiger partial charge in [0.25, 0.3) is 5.91 Å². The molecule has 1 amide bonds. The first-order chi connectivity index (χ1) is 14.4. The number of hydrogen-bond donors (Lipinski definition) is 1. The highest BCUT2D eigenvalue weighted by Crippen LogP contribution is 2.29. The van der Waals surface area contributed by atoms with Crippen molar-refractivity contribution in [2.45, 2.75) is 39.5 Å². The lowest BCUT2D eigenvalue weighted by Crippen LogP contribution is -2.33. The van der Waals surface area contributed by atoms with Gasteiger partial charge in [-0.05, 0) is 49.2 Å². The largest absolute Gasteiger partial charge is 0.508 e. The van der Waals surface area contributed by atoms with Gasteiger partial charge in [0.15, 0.2) is 0 Å². The Balaban J connectivity index is 1.70. The van der Waals surface area contributed by atoms with Crippen LogP contribution in [0.15, 0.2) is 48.5 Å². The predicted octanol–water partition coefficient (Wildman–Crippen LogP) is 4.52. The van der Waals surface area contributed by atoms with E-state index in [4.69, 9.17) is 9.97 Å². The third kappa shape index (κ3) is 3.92. The fraction of sp³-hybridized carbons (Fsp3) is 0.320. The molecule has 2 aromatic carbocycles. The highest BCUT2D eigenvalue weighted by Gasteiger charge is 2.25. The van der Waals surface area contributed by atoms with Crippen LogP contribution in [0.4, 0.5) is 0 Å². The zero-order valence-electron chi connectivity index (χ0n) is 17.7. The highest BCUT2D eigenvalue weighted by atomic mass is 16.3. The third-order valence-corrected chi connectivity index (χ3v) is 5.68. The van der Waals surface area contributed by atoms with Gasteiger partial charge in [-0.3, -0.25) is 4.79 Å². The molecule has 1 aliphatic rings. The van der Waals surface area contributed by atoms with Crippen molar-refractivity contribution in [1.82, 2.24) is 14.9 Å². The molecule has 0 atom stereocenters. The van der Waals surface area contributed by atoms with E-state index in [0.29, 0.717) is 25.9 Å². The summed E-state index contributed by atoms with van der Waals surface area (Å²) in [7, 11) is 0. The molecule has 0 unspecified atom stereocenters. The second kappa shape index (κ2) is 8.27. The summed E-state index contributed by atoms with van der Waals surface area (Å²) in [6, 6.07) is 14.9. The van der Waals surface area contributed by atoms with Crippen molar-refractivity contribution in [2.24, 2.45) is 0 Å². The van der Waals surface area contributed by atoms with Gasteiger partial charge in [0.05, 0.1) is 5.69 Å². The smallest absolute Gasteiger partial charge is 0.254 e. The number of phenolic OH excluding ortho intramolecular Hbond substituents is 1. The Morgan fingerprint density at radius 3 is 2.40 bits per heavy atom. The fourth-order valence-electron chi connectivity index (χ4n) is 3.92. The summed E-state index contributed by atoms with van der Waals surface area (Å²) in [6.07, 6.45) is 1.42. The summed E-state index contributed by atoms with van der Waals surface area (Å²) in [5.41, 5.74) is 5.76. The second-order valence-electron chi connectivity index (χ2n) is 8.16. The van der Waals surface area contributed by atoms with Gasteiger partial charge in [-0.2, -0.15) is 0 Å². The Kier molecular flexibility index (Phi) is 5.53. The molecule has 0 bridgehead atoms. The number of phenols is 1. The Morgan fingerprint density at radius 1 is 1.00 bits per heavy atom. The Bertz CT molecular complexity index is 1070. The number of carbonyl (C=O) groups excluding carboxylic acids is 1. The van der Waals surface area contributed by atoms with E-state index in [1.807, 2.05) is 48.2 Å². The number of rotatable bonds is 3. The Hall–Kier alpha value is -3.21. The van der Waals surface area contributed by atoms with Crippen LogP contribution in [0.1, 0.15) is 52.8 Å². The van der Waals surface area contributed by atoms with Gasteiger partial charge in [0, 0.05) is 47.8 Å². The SMILES string of the molecule is Cc1ccccc1C(=O)N1CCc2nc(C(C)C)nc(-c3ccc(O)cc3)c2CC1. The summed E-state index contributed by atoms with van der Waals surface area (Å²) < 4.78 is 0. The average molecular weight is 402 g/mol. The van der Waals surface area contributed by atoms with Crippen molar-refractivity contribution in [1.29, 1.82) is 0 Å². The first kappa shape index (κ1) is 20.1. The quantitative estimate of drug-likeness (QED) is 0.701. The van der Waals surface area contributed by atoms with Crippen molar-refractivity contribution in [2.75, 3.05) is 13.1 Å². The summed E-state index contributed by atoms with van der Waals surface area (Å²) >= 11 is 0. The molecule has 0 radical (unpaired) electrons.